The van der Waals surface area contributed by atoms with Crippen molar-refractivity contribution in [2.24, 2.45) is 45.3 Å². The van der Waals surface area contributed by atoms with Crippen molar-refractivity contribution in [3.63, 3.8) is 0 Å². The van der Waals surface area contributed by atoms with Crippen molar-refractivity contribution in [3.05, 3.63) is 0 Å². The molecule has 1 amide bonds. The van der Waals surface area contributed by atoms with Crippen molar-refractivity contribution in [2.45, 2.75) is 154 Å². The van der Waals surface area contributed by atoms with Crippen LogP contribution in [0.2, 0.25) is 0 Å². The highest BCUT2D eigenvalue weighted by molar-refractivity contribution is 5.73. The van der Waals surface area contributed by atoms with Crippen LogP contribution in [-0.2, 0) is 14.3 Å². The number of carbonyl (C=O) groups excluding carboxylic acids is 1. The summed E-state index contributed by atoms with van der Waals surface area (Å²) in [4.78, 5) is 13.0. The summed E-state index contributed by atoms with van der Waals surface area (Å²) in [6.07, 6.45) is 13.5. The summed E-state index contributed by atoms with van der Waals surface area (Å²) in [5, 5.41) is 0. The first-order chi connectivity index (χ1) is 19.2. The monoisotopic (exact) mass is 594 g/mol. The molecule has 1 saturated carbocycles. The Morgan fingerprint density at radius 1 is 0.500 bits per heavy atom. The number of carbonyl (C=O) groups is 1. The van der Waals surface area contributed by atoms with E-state index >= 15 is 0 Å². The molecule has 4 fully saturated rings. The smallest absolute Gasteiger partial charge is 0.219 e. The van der Waals surface area contributed by atoms with Crippen LogP contribution in [0.15, 0.2) is 0 Å². The van der Waals surface area contributed by atoms with Crippen molar-refractivity contribution in [3.8, 4) is 0 Å². The van der Waals surface area contributed by atoms with Crippen LogP contribution < -0.4 is 0 Å². The van der Waals surface area contributed by atoms with Gasteiger partial charge in [0.05, 0.1) is 0 Å². The molecule has 0 aromatic carbocycles. The van der Waals surface area contributed by atoms with Crippen LogP contribution in [0.5, 0.6) is 0 Å². The fourth-order valence-corrected chi connectivity index (χ4v) is 6.81. The summed E-state index contributed by atoms with van der Waals surface area (Å²) >= 11 is 0. The minimum absolute atomic E-state index is 0.229. The molecule has 4 heteroatoms. The molecule has 0 aromatic heterocycles. The van der Waals surface area contributed by atoms with E-state index in [-0.39, 0.29) is 5.91 Å². The third-order valence-electron chi connectivity index (χ3n) is 10.6. The van der Waals surface area contributed by atoms with Gasteiger partial charge in [0.1, 0.15) is 0 Å². The fourth-order valence-electron chi connectivity index (χ4n) is 6.81. The van der Waals surface area contributed by atoms with E-state index in [0.717, 1.165) is 63.2 Å². The van der Waals surface area contributed by atoms with E-state index in [4.69, 9.17) is 9.47 Å². The number of rotatable bonds is 0. The average Bonchev–Trinajstić information content (AvgIpc) is 3.46. The molecule has 0 radical (unpaired) electrons. The molecule has 0 aromatic rings. The van der Waals surface area contributed by atoms with Gasteiger partial charge in [-0.2, -0.15) is 0 Å². The van der Waals surface area contributed by atoms with E-state index in [1.54, 1.807) is 6.92 Å². The Kier molecular flexibility index (Phi) is 16.7. The molecule has 0 N–H and O–H groups in total. The van der Waals surface area contributed by atoms with Crippen LogP contribution in [0.4, 0.5) is 0 Å². The normalized spacial score (nSPS) is 23.5. The second-order valence-corrected chi connectivity index (χ2v) is 18.0. The largest absolute Gasteiger partial charge is 0.381 e. The SMILES string of the molecule is CC(=O)N1CCC(C(C)(C)C)CC1.CC(C)(C)C1CCCCC1.CC(C)(C)C1CCOC1.CC(C)(C)C1CCOCC1. The predicted octanol–water partition coefficient (Wildman–Crippen LogP) is 10.4. The van der Waals surface area contributed by atoms with Gasteiger partial charge in [0.25, 0.3) is 0 Å². The summed E-state index contributed by atoms with van der Waals surface area (Å²) in [6.45, 7) is 35.3. The average molecular weight is 594 g/mol. The maximum atomic E-state index is 11.1. The maximum Gasteiger partial charge on any atom is 0.219 e. The van der Waals surface area contributed by atoms with E-state index in [1.165, 1.54) is 64.2 Å². The Morgan fingerprint density at radius 2 is 0.857 bits per heavy atom. The van der Waals surface area contributed by atoms with Gasteiger partial charge < -0.3 is 14.4 Å². The molecule has 4 aliphatic rings. The first-order valence-electron chi connectivity index (χ1n) is 17.6. The van der Waals surface area contributed by atoms with Crippen molar-refractivity contribution in [1.29, 1.82) is 0 Å². The van der Waals surface area contributed by atoms with Crippen LogP contribution in [0, 0.1) is 45.3 Å². The van der Waals surface area contributed by atoms with Gasteiger partial charge in [-0.1, -0.05) is 102 Å². The van der Waals surface area contributed by atoms with Gasteiger partial charge in [-0.15, -0.1) is 0 Å². The molecule has 3 heterocycles. The predicted molar refractivity (Wildman–Crippen MR) is 182 cm³/mol. The van der Waals surface area contributed by atoms with Crippen molar-refractivity contribution >= 4 is 5.91 Å². The zero-order valence-corrected chi connectivity index (χ0v) is 30.8. The Balaban J connectivity index is 0.000000283. The Labute approximate surface area is 263 Å². The van der Waals surface area contributed by atoms with Crippen LogP contribution >= 0.6 is 0 Å². The van der Waals surface area contributed by atoms with Gasteiger partial charge in [-0.25, -0.2) is 0 Å². The quantitative estimate of drug-likeness (QED) is 0.280. The van der Waals surface area contributed by atoms with E-state index < -0.39 is 0 Å². The third kappa shape index (κ3) is 15.9. The topological polar surface area (TPSA) is 38.8 Å². The number of amides is 1. The lowest BCUT2D eigenvalue weighted by Gasteiger charge is -2.38. The number of nitrogens with zero attached hydrogens (tertiary/aromatic N) is 1. The fraction of sp³-hybridized carbons (Fsp3) is 0.974. The lowest BCUT2D eigenvalue weighted by atomic mass is 9.72. The van der Waals surface area contributed by atoms with Crippen LogP contribution in [0.3, 0.4) is 0 Å². The molecule has 0 spiro atoms. The summed E-state index contributed by atoms with van der Waals surface area (Å²) in [7, 11) is 0. The molecule has 250 valence electrons. The minimum Gasteiger partial charge on any atom is -0.381 e. The third-order valence-corrected chi connectivity index (χ3v) is 10.6. The summed E-state index contributed by atoms with van der Waals surface area (Å²) in [5.74, 6) is 3.68. The van der Waals surface area contributed by atoms with Gasteiger partial charge in [0, 0.05) is 46.4 Å². The zero-order valence-electron chi connectivity index (χ0n) is 30.8. The van der Waals surface area contributed by atoms with Gasteiger partial charge in [-0.3, -0.25) is 4.79 Å². The van der Waals surface area contributed by atoms with E-state index in [9.17, 15) is 4.79 Å². The van der Waals surface area contributed by atoms with Crippen molar-refractivity contribution in [2.75, 3.05) is 39.5 Å². The molecule has 3 aliphatic heterocycles. The van der Waals surface area contributed by atoms with Gasteiger partial charge in [-0.05, 0) is 90.3 Å². The van der Waals surface area contributed by atoms with E-state index in [1.807, 2.05) is 4.90 Å². The van der Waals surface area contributed by atoms with Crippen LogP contribution in [0.25, 0.3) is 0 Å². The summed E-state index contributed by atoms with van der Waals surface area (Å²) < 4.78 is 10.6. The second-order valence-electron chi connectivity index (χ2n) is 18.0. The van der Waals surface area contributed by atoms with Crippen LogP contribution in [0.1, 0.15) is 154 Å². The molecule has 1 atom stereocenters. The van der Waals surface area contributed by atoms with Crippen molar-refractivity contribution < 1.29 is 14.3 Å². The Morgan fingerprint density at radius 3 is 1.14 bits per heavy atom. The van der Waals surface area contributed by atoms with Crippen LogP contribution in [-0.4, -0.2) is 50.3 Å². The number of ether oxygens (including phenoxy) is 2. The lowest BCUT2D eigenvalue weighted by Crippen LogP contribution is -2.40. The molecule has 1 aliphatic carbocycles. The molecule has 4 rings (SSSR count). The molecule has 0 bridgehead atoms. The van der Waals surface area contributed by atoms with Gasteiger partial charge in [0.2, 0.25) is 5.91 Å². The standard InChI is InChI=1S/C11H21NO.C10H20.C9H18O.C8H16O/c1-9(13)12-7-5-10(6-8-12)11(2,3)4;1-10(2,3)9-7-5-4-6-8-9;1-9(2,3)8-4-6-10-7-5-8;1-8(2,3)7-4-5-9-6-7/h10H,5-8H2,1-4H3;9H,4-8H2,1-3H3;8H,4-7H2,1-3H3;7H,4-6H2,1-3H3. The Hall–Kier alpha value is -0.610. The number of hydrogen-bond acceptors (Lipinski definition) is 3. The van der Waals surface area contributed by atoms with E-state index in [2.05, 4.69) is 83.1 Å². The molecular formula is C38H75NO3. The number of likely N-dealkylation sites (tertiary alicyclic amines) is 1. The van der Waals surface area contributed by atoms with E-state index in [0.29, 0.717) is 21.7 Å². The number of piperidine rings is 1. The zero-order chi connectivity index (χ0) is 32.2. The molecule has 4 nitrogen and oxygen atoms in total. The molecule has 42 heavy (non-hydrogen) atoms. The summed E-state index contributed by atoms with van der Waals surface area (Å²) in [6, 6.07) is 0. The molecule has 1 unspecified atom stereocenters. The first-order valence-corrected chi connectivity index (χ1v) is 17.6. The van der Waals surface area contributed by atoms with Gasteiger partial charge in [0.15, 0.2) is 0 Å². The number of hydrogen-bond donors (Lipinski definition) is 0. The maximum absolute atomic E-state index is 11.1. The highest BCUT2D eigenvalue weighted by Crippen LogP contribution is 2.38. The minimum atomic E-state index is 0.229. The highest BCUT2D eigenvalue weighted by Gasteiger charge is 2.30. The summed E-state index contributed by atoms with van der Waals surface area (Å²) in [5.41, 5.74) is 1.92. The Bertz CT molecular complexity index is 679. The second kappa shape index (κ2) is 17.8. The van der Waals surface area contributed by atoms with Crippen molar-refractivity contribution in [1.82, 2.24) is 4.90 Å². The molecule has 3 saturated heterocycles. The molecular weight excluding hydrogens is 518 g/mol. The first kappa shape index (κ1) is 39.4. The van der Waals surface area contributed by atoms with Gasteiger partial charge >= 0.3 is 0 Å². The highest BCUT2D eigenvalue weighted by atomic mass is 16.5. The lowest BCUT2D eigenvalue weighted by molar-refractivity contribution is -0.130.